The minimum atomic E-state index is 0.00589. The summed E-state index contributed by atoms with van der Waals surface area (Å²) in [5.74, 6) is 0.924. The molecule has 0 fully saturated rings. The highest BCUT2D eigenvalue weighted by atomic mass is 32.1. The van der Waals surface area contributed by atoms with E-state index in [0.29, 0.717) is 6.02 Å². The first-order chi connectivity index (χ1) is 16.6. The van der Waals surface area contributed by atoms with Crippen LogP contribution < -0.4 is 10.6 Å². The minimum Gasteiger partial charge on any atom is -0.468 e. The Morgan fingerprint density at radius 2 is 1.65 bits per heavy atom. The maximum Gasteiger partial charge on any atom is 0.289 e. The predicted molar refractivity (Wildman–Crippen MR) is 143 cm³/mol. The third-order valence-corrected chi connectivity index (χ3v) is 8.21. The molecule has 2 unspecified atom stereocenters. The van der Waals surface area contributed by atoms with Crippen molar-refractivity contribution in [2.24, 2.45) is 9.98 Å². The molecular weight excluding hydrogens is 460 g/mol. The zero-order valence-corrected chi connectivity index (χ0v) is 21.2. The maximum absolute atomic E-state index is 5.28. The fraction of sp³-hybridized carbons (Fsp3) is 0.259. The number of aliphatic imine (C=N–C) groups is 2. The van der Waals surface area contributed by atoms with E-state index in [0.717, 1.165) is 24.2 Å². The highest BCUT2D eigenvalue weighted by Gasteiger charge is 2.20. The summed E-state index contributed by atoms with van der Waals surface area (Å²) in [6.07, 6.45) is 10.2. The third-order valence-electron chi connectivity index (χ3n) is 5.96. The molecule has 3 aromatic rings. The number of hydrogen-bond donors (Lipinski definition) is 2. The van der Waals surface area contributed by atoms with Gasteiger partial charge in [-0.2, -0.15) is 0 Å². The number of methoxy groups -OCH3 is 1. The minimum absolute atomic E-state index is 0.00589. The molecule has 0 saturated carbocycles. The van der Waals surface area contributed by atoms with Crippen LogP contribution in [-0.4, -0.2) is 19.0 Å². The lowest BCUT2D eigenvalue weighted by atomic mass is 10.0. The van der Waals surface area contributed by atoms with E-state index in [-0.39, 0.29) is 12.1 Å². The molecule has 4 heterocycles. The van der Waals surface area contributed by atoms with Crippen molar-refractivity contribution in [3.05, 3.63) is 103 Å². The molecule has 0 amide bonds. The van der Waals surface area contributed by atoms with Gasteiger partial charge >= 0.3 is 0 Å². The summed E-state index contributed by atoms with van der Waals surface area (Å²) in [7, 11) is 1.64. The number of thiophene rings is 2. The van der Waals surface area contributed by atoms with Crippen molar-refractivity contribution in [2.45, 2.75) is 38.8 Å². The van der Waals surface area contributed by atoms with Gasteiger partial charge in [0.05, 0.1) is 13.2 Å². The number of aryl methyl sites for hydroxylation is 4. The second kappa shape index (κ2) is 9.99. The Balaban J connectivity index is 1.34. The molecule has 34 heavy (non-hydrogen) atoms. The lowest BCUT2D eigenvalue weighted by Gasteiger charge is -2.18. The van der Waals surface area contributed by atoms with Gasteiger partial charge in [-0.3, -0.25) is 4.99 Å². The van der Waals surface area contributed by atoms with Crippen molar-refractivity contribution in [2.75, 3.05) is 7.11 Å². The largest absolute Gasteiger partial charge is 0.468 e. The second-order valence-electron chi connectivity index (χ2n) is 8.34. The van der Waals surface area contributed by atoms with Crippen molar-refractivity contribution >= 4 is 34.5 Å². The number of benzene rings is 1. The molecule has 2 N–H and O–H groups in total. The Morgan fingerprint density at radius 3 is 2.44 bits per heavy atom. The SMILES string of the molecule is COC1=NC(c2cc(CCc3sc(C)cc3C3C=CNC(c4ccccc4)=N3)sc2C)C=CN1. The number of amidine groups is 2. The third kappa shape index (κ3) is 4.86. The number of nitrogens with one attached hydrogen (secondary N) is 2. The topological polar surface area (TPSA) is 58.0 Å². The average Bonchev–Trinajstić information content (AvgIpc) is 3.45. The van der Waals surface area contributed by atoms with Crippen molar-refractivity contribution in [3.8, 4) is 0 Å². The van der Waals surface area contributed by atoms with Crippen molar-refractivity contribution in [1.29, 1.82) is 0 Å². The van der Waals surface area contributed by atoms with Gasteiger partial charge in [-0.15, -0.1) is 22.7 Å². The number of ether oxygens (including phenoxy) is 1. The number of hydrogen-bond acceptors (Lipinski definition) is 7. The van der Waals surface area contributed by atoms with Crippen molar-refractivity contribution in [1.82, 2.24) is 10.6 Å². The van der Waals surface area contributed by atoms with Crippen LogP contribution >= 0.6 is 22.7 Å². The Hall–Kier alpha value is -3.16. The van der Waals surface area contributed by atoms with Crippen LogP contribution in [0, 0.1) is 13.8 Å². The Labute approximate surface area is 208 Å². The number of nitrogens with zero attached hydrogens (tertiary/aromatic N) is 2. The quantitative estimate of drug-likeness (QED) is 0.449. The molecule has 0 radical (unpaired) electrons. The fourth-order valence-corrected chi connectivity index (χ4v) is 6.47. The van der Waals surface area contributed by atoms with Crippen LogP contribution in [0.5, 0.6) is 0 Å². The van der Waals surface area contributed by atoms with Crippen LogP contribution in [0.1, 0.15) is 48.3 Å². The molecule has 7 heteroatoms. The molecule has 2 aliphatic heterocycles. The second-order valence-corrected chi connectivity index (χ2v) is 11.0. The van der Waals surface area contributed by atoms with Gasteiger partial charge < -0.3 is 15.4 Å². The lowest BCUT2D eigenvalue weighted by molar-refractivity contribution is 0.381. The molecule has 5 nitrogen and oxygen atoms in total. The standard InChI is InChI=1S/C27H28N4OS2/c1-17-15-22(24-11-13-28-26(30-24)19-7-5-4-6-8-19)25(33-17)10-9-20-16-21(18(2)34-20)23-12-14-29-27(31-23)32-3/h4-8,11-16,23-24H,9-10H2,1-3H3,(H,28,30)(H,29,31). The van der Waals surface area contributed by atoms with Crippen LogP contribution in [0.4, 0.5) is 0 Å². The van der Waals surface area contributed by atoms with E-state index in [9.17, 15) is 0 Å². The first-order valence-electron chi connectivity index (χ1n) is 11.4. The molecule has 1 aromatic carbocycles. The van der Waals surface area contributed by atoms with E-state index in [4.69, 9.17) is 9.73 Å². The zero-order valence-electron chi connectivity index (χ0n) is 19.5. The van der Waals surface area contributed by atoms with Crippen LogP contribution in [0.3, 0.4) is 0 Å². The monoisotopic (exact) mass is 488 g/mol. The molecule has 2 aliphatic rings. The van der Waals surface area contributed by atoms with Gasteiger partial charge in [0.1, 0.15) is 11.9 Å². The smallest absolute Gasteiger partial charge is 0.289 e. The molecule has 174 valence electrons. The van der Waals surface area contributed by atoms with Crippen LogP contribution in [0.2, 0.25) is 0 Å². The highest BCUT2D eigenvalue weighted by Crippen LogP contribution is 2.35. The summed E-state index contributed by atoms with van der Waals surface area (Å²) in [6, 6.07) is 15.5. The zero-order chi connectivity index (χ0) is 23.5. The first-order valence-corrected chi connectivity index (χ1v) is 13.0. The normalized spacial score (nSPS) is 19.3. The predicted octanol–water partition coefficient (Wildman–Crippen LogP) is 5.98. The molecular formula is C27H28N4OS2. The van der Waals surface area contributed by atoms with E-state index in [1.165, 1.54) is 30.6 Å². The maximum atomic E-state index is 5.28. The molecule has 2 atom stereocenters. The number of rotatable bonds is 6. The highest BCUT2D eigenvalue weighted by molar-refractivity contribution is 7.12. The van der Waals surface area contributed by atoms with Crippen LogP contribution in [0.15, 0.2) is 77.0 Å². The summed E-state index contributed by atoms with van der Waals surface area (Å²) in [6.45, 7) is 4.37. The molecule has 5 rings (SSSR count). The fourth-order valence-electron chi connectivity index (χ4n) is 4.31. The average molecular weight is 489 g/mol. The summed E-state index contributed by atoms with van der Waals surface area (Å²) >= 11 is 3.76. The van der Waals surface area contributed by atoms with Crippen molar-refractivity contribution < 1.29 is 4.74 Å². The molecule has 0 saturated heterocycles. The van der Waals surface area contributed by atoms with E-state index in [2.05, 4.69) is 65.9 Å². The molecule has 0 spiro atoms. The Bertz CT molecular complexity index is 1280. The van der Waals surface area contributed by atoms with Crippen LogP contribution in [0.25, 0.3) is 0 Å². The van der Waals surface area contributed by atoms with Gasteiger partial charge in [0, 0.05) is 37.5 Å². The Morgan fingerprint density at radius 1 is 0.882 bits per heavy atom. The summed E-state index contributed by atoms with van der Waals surface area (Å²) in [5, 5.41) is 6.34. The van der Waals surface area contributed by atoms with Gasteiger partial charge in [0.15, 0.2) is 0 Å². The van der Waals surface area contributed by atoms with E-state index in [1.807, 2.05) is 53.3 Å². The van der Waals surface area contributed by atoms with Gasteiger partial charge in [-0.05, 0) is 62.1 Å². The summed E-state index contributed by atoms with van der Waals surface area (Å²) in [4.78, 5) is 15.1. The Kier molecular flexibility index (Phi) is 6.65. The van der Waals surface area contributed by atoms with Gasteiger partial charge in [0.25, 0.3) is 6.02 Å². The van der Waals surface area contributed by atoms with E-state index in [1.54, 1.807) is 7.11 Å². The summed E-state index contributed by atoms with van der Waals surface area (Å²) < 4.78 is 5.28. The van der Waals surface area contributed by atoms with Crippen molar-refractivity contribution in [3.63, 3.8) is 0 Å². The van der Waals surface area contributed by atoms with Gasteiger partial charge in [-0.25, -0.2) is 4.99 Å². The summed E-state index contributed by atoms with van der Waals surface area (Å²) in [5.41, 5.74) is 3.68. The van der Waals surface area contributed by atoms with Crippen LogP contribution in [-0.2, 0) is 17.6 Å². The molecule has 0 bridgehead atoms. The van der Waals surface area contributed by atoms with E-state index >= 15 is 0 Å². The molecule has 0 aliphatic carbocycles. The van der Waals surface area contributed by atoms with Gasteiger partial charge in [0.2, 0.25) is 0 Å². The lowest BCUT2D eigenvalue weighted by Crippen LogP contribution is -2.23. The first kappa shape index (κ1) is 22.6. The van der Waals surface area contributed by atoms with E-state index < -0.39 is 0 Å². The molecule has 2 aromatic heterocycles. The van der Waals surface area contributed by atoms with Gasteiger partial charge in [-0.1, -0.05) is 30.3 Å².